The van der Waals surface area contributed by atoms with Crippen molar-refractivity contribution in [1.29, 1.82) is 0 Å². The smallest absolute Gasteiger partial charge is 0.158 e. The molecule has 0 atom stereocenters. The van der Waals surface area contributed by atoms with Gasteiger partial charge in [0.05, 0.1) is 5.02 Å². The zero-order valence-corrected chi connectivity index (χ0v) is 6.14. The number of hydrogen-bond donors (Lipinski definition) is 0. The van der Waals surface area contributed by atoms with Gasteiger partial charge in [-0.25, -0.2) is 9.37 Å². The van der Waals surface area contributed by atoms with E-state index in [1.165, 1.54) is 22.9 Å². The van der Waals surface area contributed by atoms with E-state index in [1.54, 1.807) is 0 Å². The summed E-state index contributed by atoms with van der Waals surface area (Å²) in [4.78, 5) is 3.81. The van der Waals surface area contributed by atoms with Crippen molar-refractivity contribution in [3.05, 3.63) is 35.5 Å². The fraction of sp³-hybridized carbons (Fsp3) is 0. The Morgan fingerprint density at radius 1 is 1.64 bits per heavy atom. The molecule has 0 spiro atoms. The van der Waals surface area contributed by atoms with Gasteiger partial charge >= 0.3 is 0 Å². The van der Waals surface area contributed by atoms with Gasteiger partial charge in [0.1, 0.15) is 11.8 Å². The quantitative estimate of drug-likeness (QED) is 0.589. The molecule has 4 heteroatoms. The lowest BCUT2D eigenvalue weighted by Crippen LogP contribution is -1.85. The molecular formula is C7H3ClFN2. The molecule has 11 heavy (non-hydrogen) atoms. The summed E-state index contributed by atoms with van der Waals surface area (Å²) in [5, 5.41) is 0.0806. The first-order valence-corrected chi connectivity index (χ1v) is 3.35. The van der Waals surface area contributed by atoms with Crippen LogP contribution in [0.15, 0.2) is 18.5 Å². The molecule has 0 aromatic carbocycles. The molecule has 1 radical (unpaired) electrons. The third-order valence-electron chi connectivity index (χ3n) is 1.38. The number of halogens is 2. The molecule has 2 nitrogen and oxygen atoms in total. The van der Waals surface area contributed by atoms with Crippen LogP contribution in [0.5, 0.6) is 0 Å². The Hall–Kier alpha value is -1.09. The standard InChI is InChI=1S/C7H3ClFN2/c8-5-3-7-10-1-2-11(7)4-6(5)9/h2-4H. The molecule has 2 heterocycles. The summed E-state index contributed by atoms with van der Waals surface area (Å²) in [6, 6.07) is 1.45. The minimum atomic E-state index is -0.453. The van der Waals surface area contributed by atoms with Crippen molar-refractivity contribution in [2.75, 3.05) is 0 Å². The van der Waals surface area contributed by atoms with Gasteiger partial charge in [-0.2, -0.15) is 0 Å². The van der Waals surface area contributed by atoms with Gasteiger partial charge in [0.25, 0.3) is 0 Å². The molecule has 2 aromatic rings. The first-order chi connectivity index (χ1) is 5.27. The molecule has 0 fully saturated rings. The lowest BCUT2D eigenvalue weighted by atomic mass is 10.4. The van der Waals surface area contributed by atoms with Crippen LogP contribution in [0, 0.1) is 12.0 Å². The Bertz CT molecular complexity index is 360. The molecule has 0 saturated heterocycles. The van der Waals surface area contributed by atoms with Crippen LogP contribution in [0.1, 0.15) is 0 Å². The second kappa shape index (κ2) is 2.20. The Morgan fingerprint density at radius 2 is 2.45 bits per heavy atom. The molecule has 0 aliphatic rings. The zero-order chi connectivity index (χ0) is 7.84. The lowest BCUT2D eigenvalue weighted by molar-refractivity contribution is 0.619. The molecule has 0 amide bonds. The summed E-state index contributed by atoms with van der Waals surface area (Å²) in [5.74, 6) is -0.453. The van der Waals surface area contributed by atoms with Crippen LogP contribution < -0.4 is 0 Å². The highest BCUT2D eigenvalue weighted by Crippen LogP contribution is 2.15. The average molecular weight is 170 g/mol. The largest absolute Gasteiger partial charge is 0.303 e. The molecule has 0 aliphatic carbocycles. The minimum absolute atomic E-state index is 0.0806. The van der Waals surface area contributed by atoms with Crippen LogP contribution in [-0.2, 0) is 0 Å². The van der Waals surface area contributed by atoms with Gasteiger partial charge in [-0.3, -0.25) is 0 Å². The number of imidazole rings is 1. The number of hydrogen-bond acceptors (Lipinski definition) is 1. The van der Waals surface area contributed by atoms with Crippen molar-refractivity contribution in [3.63, 3.8) is 0 Å². The van der Waals surface area contributed by atoms with Crippen LogP contribution >= 0.6 is 11.6 Å². The molecule has 0 aliphatic heterocycles. The van der Waals surface area contributed by atoms with Crippen molar-refractivity contribution in [2.45, 2.75) is 0 Å². The predicted molar refractivity (Wildman–Crippen MR) is 39.0 cm³/mol. The van der Waals surface area contributed by atoms with Gasteiger partial charge in [0.15, 0.2) is 5.82 Å². The van der Waals surface area contributed by atoms with Crippen molar-refractivity contribution in [2.24, 2.45) is 0 Å². The number of aromatic nitrogens is 2. The van der Waals surface area contributed by atoms with Crippen LogP contribution in [0.2, 0.25) is 5.02 Å². The third kappa shape index (κ3) is 0.973. The Balaban J connectivity index is 2.86. The van der Waals surface area contributed by atoms with Crippen LogP contribution in [0.25, 0.3) is 5.65 Å². The first kappa shape index (κ1) is 6.61. The van der Waals surface area contributed by atoms with Crippen molar-refractivity contribution in [3.8, 4) is 0 Å². The lowest BCUT2D eigenvalue weighted by Gasteiger charge is -1.94. The van der Waals surface area contributed by atoms with Gasteiger partial charge in [-0.1, -0.05) is 11.6 Å². The van der Waals surface area contributed by atoms with E-state index >= 15 is 0 Å². The summed E-state index contributed by atoms with van der Waals surface area (Å²) in [6.07, 6.45) is 5.38. The van der Waals surface area contributed by atoms with Crippen LogP contribution in [0.4, 0.5) is 4.39 Å². The van der Waals surface area contributed by atoms with Crippen molar-refractivity contribution >= 4 is 17.2 Å². The molecule has 2 aromatic heterocycles. The molecule has 55 valence electrons. The van der Waals surface area contributed by atoms with Crippen molar-refractivity contribution < 1.29 is 4.39 Å². The third-order valence-corrected chi connectivity index (χ3v) is 1.67. The number of fused-ring (bicyclic) bond motifs is 1. The van der Waals surface area contributed by atoms with E-state index < -0.39 is 5.82 Å². The number of nitrogens with zero attached hydrogens (tertiary/aromatic N) is 2. The van der Waals surface area contributed by atoms with E-state index in [0.717, 1.165) is 0 Å². The summed E-state index contributed by atoms with van der Waals surface area (Å²) in [7, 11) is 0. The van der Waals surface area contributed by atoms with Crippen molar-refractivity contribution in [1.82, 2.24) is 9.38 Å². The highest BCUT2D eigenvalue weighted by atomic mass is 35.5. The number of pyridine rings is 1. The van der Waals surface area contributed by atoms with Gasteiger partial charge in [0.2, 0.25) is 0 Å². The second-order valence-electron chi connectivity index (χ2n) is 2.10. The Labute approximate surface area is 67.2 Å². The van der Waals surface area contributed by atoms with E-state index in [1.807, 2.05) is 0 Å². The fourth-order valence-corrected chi connectivity index (χ4v) is 1.00. The Kier molecular flexibility index (Phi) is 1.32. The maximum absolute atomic E-state index is 12.7. The monoisotopic (exact) mass is 169 g/mol. The maximum atomic E-state index is 12.7. The highest BCUT2D eigenvalue weighted by molar-refractivity contribution is 6.31. The van der Waals surface area contributed by atoms with Crippen LogP contribution in [-0.4, -0.2) is 9.38 Å². The molecule has 2 rings (SSSR count). The predicted octanol–water partition coefficient (Wildman–Crippen LogP) is 1.93. The Morgan fingerprint density at radius 3 is 3.27 bits per heavy atom. The van der Waals surface area contributed by atoms with E-state index in [0.29, 0.717) is 5.65 Å². The topological polar surface area (TPSA) is 17.3 Å². The van der Waals surface area contributed by atoms with Gasteiger partial charge in [-0.05, 0) is 0 Å². The highest BCUT2D eigenvalue weighted by Gasteiger charge is 2.01. The van der Waals surface area contributed by atoms with E-state index in [2.05, 4.69) is 11.2 Å². The SMILES string of the molecule is Fc1cn2c[c]nc2cc1Cl. The van der Waals surface area contributed by atoms with E-state index in [9.17, 15) is 4.39 Å². The van der Waals surface area contributed by atoms with Gasteiger partial charge < -0.3 is 4.40 Å². The minimum Gasteiger partial charge on any atom is -0.303 e. The second-order valence-corrected chi connectivity index (χ2v) is 2.51. The first-order valence-electron chi connectivity index (χ1n) is 2.97. The summed E-state index contributed by atoms with van der Waals surface area (Å²) in [6.45, 7) is 0. The molecule has 0 saturated carbocycles. The molecule has 0 N–H and O–H groups in total. The van der Waals surface area contributed by atoms with Gasteiger partial charge in [-0.15, -0.1) is 0 Å². The summed E-state index contributed by atoms with van der Waals surface area (Å²) < 4.78 is 14.2. The number of rotatable bonds is 0. The maximum Gasteiger partial charge on any atom is 0.158 e. The van der Waals surface area contributed by atoms with Crippen LogP contribution in [0.3, 0.4) is 0 Å². The average Bonchev–Trinajstić information content (AvgIpc) is 2.36. The zero-order valence-electron chi connectivity index (χ0n) is 5.38. The van der Waals surface area contributed by atoms with E-state index in [4.69, 9.17) is 11.6 Å². The fourth-order valence-electron chi connectivity index (χ4n) is 0.857. The van der Waals surface area contributed by atoms with E-state index in [-0.39, 0.29) is 5.02 Å². The summed E-state index contributed by atoms with van der Waals surface area (Å²) in [5.41, 5.74) is 0.594. The summed E-state index contributed by atoms with van der Waals surface area (Å²) >= 11 is 5.50. The van der Waals surface area contributed by atoms with Gasteiger partial charge in [0, 0.05) is 18.5 Å². The molecule has 0 bridgehead atoms. The molecule has 0 unspecified atom stereocenters. The normalized spacial score (nSPS) is 10.7. The molecular weight excluding hydrogens is 167 g/mol.